The monoisotopic (exact) mass is 270 g/mol. The smallest absolute Gasteiger partial charge is 0.339 e. The fourth-order valence-corrected chi connectivity index (χ4v) is 2.01. The summed E-state index contributed by atoms with van der Waals surface area (Å²) in [6.07, 6.45) is 0. The van der Waals surface area contributed by atoms with Crippen LogP contribution in [0.25, 0.3) is 11.1 Å². The summed E-state index contributed by atoms with van der Waals surface area (Å²) in [6.45, 7) is 1.88. The van der Waals surface area contributed by atoms with Gasteiger partial charge in [0.25, 0.3) is 0 Å². The number of carboxylic acids is 1. The predicted octanol–water partition coefficient (Wildman–Crippen LogP) is 3.23. The highest BCUT2D eigenvalue weighted by molar-refractivity contribution is 6.07. The summed E-state index contributed by atoms with van der Waals surface area (Å²) < 4.78 is 4.98. The molecule has 0 aliphatic heterocycles. The summed E-state index contributed by atoms with van der Waals surface area (Å²) in [7, 11) is 0. The van der Waals surface area contributed by atoms with Crippen molar-refractivity contribution in [1.82, 2.24) is 0 Å². The van der Waals surface area contributed by atoms with Crippen LogP contribution in [0, 0.1) is 0 Å². The summed E-state index contributed by atoms with van der Waals surface area (Å²) in [6, 6.07) is 13.9. The number of carboxylic acid groups (broad SMARTS) is 1. The summed E-state index contributed by atoms with van der Waals surface area (Å²) >= 11 is 0. The van der Waals surface area contributed by atoms with Crippen LogP contribution >= 0.6 is 0 Å². The van der Waals surface area contributed by atoms with Gasteiger partial charge in [-0.05, 0) is 24.1 Å². The van der Waals surface area contributed by atoms with Crippen LogP contribution in [0.1, 0.15) is 27.6 Å². The lowest BCUT2D eigenvalue weighted by Crippen LogP contribution is -2.13. The maximum absolute atomic E-state index is 12.1. The minimum atomic E-state index is -1.15. The maximum atomic E-state index is 12.1. The molecule has 0 aliphatic carbocycles. The van der Waals surface area contributed by atoms with E-state index in [0.29, 0.717) is 5.56 Å². The predicted molar refractivity (Wildman–Crippen MR) is 74.8 cm³/mol. The molecular formula is C16H14O4. The Morgan fingerprint density at radius 2 is 1.75 bits per heavy atom. The Balaban J connectivity index is 2.65. The Hall–Kier alpha value is -2.62. The van der Waals surface area contributed by atoms with Crippen molar-refractivity contribution in [3.8, 4) is 11.1 Å². The molecule has 0 heterocycles. The van der Waals surface area contributed by atoms with E-state index in [4.69, 9.17) is 4.74 Å². The van der Waals surface area contributed by atoms with Crippen molar-refractivity contribution in [2.45, 2.75) is 6.92 Å². The number of ether oxygens (including phenoxy) is 1. The summed E-state index contributed by atoms with van der Waals surface area (Å²) in [5, 5.41) is 9.25. The normalized spacial score (nSPS) is 10.1. The van der Waals surface area contributed by atoms with Gasteiger partial charge in [-0.15, -0.1) is 0 Å². The fourth-order valence-electron chi connectivity index (χ4n) is 2.01. The van der Waals surface area contributed by atoms with Crippen molar-refractivity contribution >= 4 is 11.9 Å². The summed E-state index contributed by atoms with van der Waals surface area (Å²) in [5.41, 5.74) is 1.38. The van der Waals surface area contributed by atoms with E-state index in [1.807, 2.05) is 30.3 Å². The first-order valence-electron chi connectivity index (χ1n) is 6.24. The highest BCUT2D eigenvalue weighted by Gasteiger charge is 2.22. The molecule has 0 unspecified atom stereocenters. The van der Waals surface area contributed by atoms with E-state index >= 15 is 0 Å². The van der Waals surface area contributed by atoms with Gasteiger partial charge in [-0.25, -0.2) is 9.59 Å². The Kier molecular flexibility index (Phi) is 4.15. The molecule has 0 bridgehead atoms. The molecule has 4 heteroatoms. The Morgan fingerprint density at radius 3 is 2.35 bits per heavy atom. The molecule has 0 radical (unpaired) electrons. The van der Waals surface area contributed by atoms with Gasteiger partial charge < -0.3 is 9.84 Å². The standard InChI is InChI=1S/C16H14O4/c1-2-20-16(19)14-12(11-7-4-3-5-8-11)9-6-10-13(14)15(17)18/h3-10H,2H2,1H3,(H,17,18). The SMILES string of the molecule is CCOC(=O)c1c(C(=O)O)cccc1-c1ccccc1. The number of carbonyl (C=O) groups excluding carboxylic acids is 1. The first-order chi connectivity index (χ1) is 9.65. The molecule has 0 saturated carbocycles. The molecule has 0 aliphatic rings. The second-order valence-corrected chi connectivity index (χ2v) is 4.12. The molecule has 4 nitrogen and oxygen atoms in total. The van der Waals surface area contributed by atoms with E-state index in [2.05, 4.69) is 0 Å². The van der Waals surface area contributed by atoms with Crippen molar-refractivity contribution in [3.05, 3.63) is 59.7 Å². The van der Waals surface area contributed by atoms with Gasteiger partial charge in [0.2, 0.25) is 0 Å². The van der Waals surface area contributed by atoms with E-state index in [9.17, 15) is 14.7 Å². The van der Waals surface area contributed by atoms with Crippen molar-refractivity contribution < 1.29 is 19.4 Å². The van der Waals surface area contributed by atoms with Crippen LogP contribution in [0.2, 0.25) is 0 Å². The van der Waals surface area contributed by atoms with Crippen molar-refractivity contribution in [2.24, 2.45) is 0 Å². The number of benzene rings is 2. The van der Waals surface area contributed by atoms with E-state index in [1.165, 1.54) is 6.07 Å². The largest absolute Gasteiger partial charge is 0.478 e. The Bertz CT molecular complexity index is 632. The van der Waals surface area contributed by atoms with Crippen molar-refractivity contribution in [2.75, 3.05) is 6.61 Å². The van der Waals surface area contributed by atoms with Gasteiger partial charge in [-0.1, -0.05) is 42.5 Å². The van der Waals surface area contributed by atoms with Crippen LogP contribution in [-0.2, 0) is 4.74 Å². The Labute approximate surface area is 116 Å². The molecule has 102 valence electrons. The number of rotatable bonds is 4. The summed E-state index contributed by atoms with van der Waals surface area (Å²) in [4.78, 5) is 23.4. The van der Waals surface area contributed by atoms with Gasteiger partial charge in [0.1, 0.15) is 0 Å². The third-order valence-corrected chi connectivity index (χ3v) is 2.86. The molecular weight excluding hydrogens is 256 g/mol. The van der Waals surface area contributed by atoms with Gasteiger partial charge in [0.15, 0.2) is 0 Å². The molecule has 2 aromatic carbocycles. The second kappa shape index (κ2) is 6.02. The molecule has 2 aromatic rings. The first kappa shape index (κ1) is 13.8. The van der Waals surface area contributed by atoms with Gasteiger partial charge in [-0.2, -0.15) is 0 Å². The molecule has 1 N–H and O–H groups in total. The number of esters is 1. The lowest BCUT2D eigenvalue weighted by atomic mass is 9.95. The van der Waals surface area contributed by atoms with Gasteiger partial charge in [0, 0.05) is 0 Å². The zero-order chi connectivity index (χ0) is 14.5. The number of carbonyl (C=O) groups is 2. The average Bonchev–Trinajstić information content (AvgIpc) is 2.47. The van der Waals surface area contributed by atoms with Crippen LogP contribution < -0.4 is 0 Å². The van der Waals surface area contributed by atoms with Gasteiger partial charge in [-0.3, -0.25) is 0 Å². The third kappa shape index (κ3) is 2.69. The topological polar surface area (TPSA) is 63.6 Å². The number of aromatic carboxylic acids is 1. The van der Waals surface area contributed by atoms with Gasteiger partial charge >= 0.3 is 11.9 Å². The molecule has 0 atom stereocenters. The van der Waals surface area contributed by atoms with Gasteiger partial charge in [0.05, 0.1) is 17.7 Å². The van der Waals surface area contributed by atoms with Crippen LogP contribution in [0.5, 0.6) is 0 Å². The highest BCUT2D eigenvalue weighted by atomic mass is 16.5. The van der Waals surface area contributed by atoms with E-state index in [0.717, 1.165) is 5.56 Å². The van der Waals surface area contributed by atoms with E-state index in [1.54, 1.807) is 19.1 Å². The minimum Gasteiger partial charge on any atom is -0.478 e. The third-order valence-electron chi connectivity index (χ3n) is 2.86. The van der Waals surface area contributed by atoms with E-state index in [-0.39, 0.29) is 17.7 Å². The Morgan fingerprint density at radius 1 is 1.05 bits per heavy atom. The summed E-state index contributed by atoms with van der Waals surface area (Å²) in [5.74, 6) is -1.77. The van der Waals surface area contributed by atoms with Crippen LogP contribution in [-0.4, -0.2) is 23.7 Å². The van der Waals surface area contributed by atoms with Crippen LogP contribution in [0.4, 0.5) is 0 Å². The molecule has 0 spiro atoms. The average molecular weight is 270 g/mol. The second-order valence-electron chi connectivity index (χ2n) is 4.12. The first-order valence-corrected chi connectivity index (χ1v) is 6.24. The zero-order valence-corrected chi connectivity index (χ0v) is 11.0. The number of hydrogen-bond acceptors (Lipinski definition) is 3. The highest BCUT2D eigenvalue weighted by Crippen LogP contribution is 2.27. The quantitative estimate of drug-likeness (QED) is 0.866. The van der Waals surface area contributed by atoms with Crippen molar-refractivity contribution in [1.29, 1.82) is 0 Å². The lowest BCUT2D eigenvalue weighted by Gasteiger charge is -2.11. The van der Waals surface area contributed by atoms with Crippen molar-refractivity contribution in [3.63, 3.8) is 0 Å². The number of hydrogen-bond donors (Lipinski definition) is 1. The molecule has 2 rings (SSSR count). The van der Waals surface area contributed by atoms with Crippen LogP contribution in [0.3, 0.4) is 0 Å². The molecule has 0 fully saturated rings. The molecule has 0 saturated heterocycles. The fraction of sp³-hybridized carbons (Fsp3) is 0.125. The minimum absolute atomic E-state index is 0.0511. The van der Waals surface area contributed by atoms with Crippen LogP contribution in [0.15, 0.2) is 48.5 Å². The molecule has 20 heavy (non-hydrogen) atoms. The zero-order valence-electron chi connectivity index (χ0n) is 11.0. The van der Waals surface area contributed by atoms with E-state index < -0.39 is 11.9 Å². The molecule has 0 amide bonds. The molecule has 0 aromatic heterocycles. The lowest BCUT2D eigenvalue weighted by molar-refractivity contribution is 0.0515. The maximum Gasteiger partial charge on any atom is 0.339 e.